The zero-order valence-corrected chi connectivity index (χ0v) is 10.2. The standard InChI is InChI=1S/C11H16N2O4/c1-4-6-8(10(14)16-3)7-9(13-12)11(15)17-5-2/h6H,4-5,7H2,1-3H3/b8-6+. The van der Waals surface area contributed by atoms with Crippen LogP contribution in [0, 0.1) is 0 Å². The molecule has 0 aromatic rings. The second kappa shape index (κ2) is 8.24. The van der Waals surface area contributed by atoms with Crippen molar-refractivity contribution in [2.24, 2.45) is 0 Å². The zero-order valence-electron chi connectivity index (χ0n) is 10.2. The van der Waals surface area contributed by atoms with Gasteiger partial charge in [0.1, 0.15) is 0 Å². The van der Waals surface area contributed by atoms with Gasteiger partial charge < -0.3 is 15.0 Å². The summed E-state index contributed by atoms with van der Waals surface area (Å²) in [6, 6.07) is 0. The highest BCUT2D eigenvalue weighted by Gasteiger charge is 2.26. The van der Waals surface area contributed by atoms with Crippen molar-refractivity contribution >= 4 is 17.7 Å². The molecule has 0 amide bonds. The van der Waals surface area contributed by atoms with Gasteiger partial charge in [-0.3, -0.25) is 0 Å². The minimum Gasteiger partial charge on any atom is -0.466 e. The predicted octanol–water partition coefficient (Wildman–Crippen LogP) is 1.12. The molecule has 0 saturated carbocycles. The highest BCUT2D eigenvalue weighted by Crippen LogP contribution is 2.07. The molecule has 0 aliphatic carbocycles. The lowest BCUT2D eigenvalue weighted by Crippen LogP contribution is -2.21. The van der Waals surface area contributed by atoms with Gasteiger partial charge in [0.25, 0.3) is 0 Å². The van der Waals surface area contributed by atoms with Crippen LogP contribution in [0.2, 0.25) is 0 Å². The molecule has 0 heterocycles. The third-order valence-electron chi connectivity index (χ3n) is 1.89. The Labute approximate surface area is 99.8 Å². The lowest BCUT2D eigenvalue weighted by Gasteiger charge is -2.02. The summed E-state index contributed by atoms with van der Waals surface area (Å²) in [5, 5.41) is 0. The Balaban J connectivity index is 4.86. The number of carbonyl (C=O) groups is 2. The average molecular weight is 240 g/mol. The van der Waals surface area contributed by atoms with E-state index in [1.807, 2.05) is 6.92 Å². The summed E-state index contributed by atoms with van der Waals surface area (Å²) in [4.78, 5) is 25.5. The highest BCUT2D eigenvalue weighted by molar-refractivity contribution is 6.35. The first kappa shape index (κ1) is 15.1. The van der Waals surface area contributed by atoms with Gasteiger partial charge in [0, 0.05) is 5.57 Å². The summed E-state index contributed by atoms with van der Waals surface area (Å²) < 4.78 is 9.23. The van der Waals surface area contributed by atoms with Crippen molar-refractivity contribution in [1.29, 1.82) is 0 Å². The first-order valence-electron chi connectivity index (χ1n) is 5.26. The van der Waals surface area contributed by atoms with Gasteiger partial charge in [-0.15, -0.1) is 0 Å². The number of methoxy groups -OCH3 is 1. The largest absolute Gasteiger partial charge is 0.466 e. The molecule has 0 fully saturated rings. The third kappa shape index (κ3) is 5.08. The zero-order chi connectivity index (χ0) is 13.3. The van der Waals surface area contributed by atoms with E-state index in [2.05, 4.69) is 14.3 Å². The molecule has 0 aromatic carbocycles. The molecule has 0 rings (SSSR count). The fraction of sp³-hybridized carbons (Fsp3) is 0.545. The van der Waals surface area contributed by atoms with Crippen molar-refractivity contribution in [2.75, 3.05) is 13.7 Å². The van der Waals surface area contributed by atoms with Crippen molar-refractivity contribution in [3.05, 3.63) is 17.2 Å². The van der Waals surface area contributed by atoms with Crippen molar-refractivity contribution in [1.82, 2.24) is 0 Å². The van der Waals surface area contributed by atoms with Crippen molar-refractivity contribution in [3.63, 3.8) is 0 Å². The minimum absolute atomic E-state index is 0.115. The maximum Gasteiger partial charge on any atom is 0.417 e. The van der Waals surface area contributed by atoms with Gasteiger partial charge in [0.15, 0.2) is 0 Å². The van der Waals surface area contributed by atoms with E-state index in [1.165, 1.54) is 7.11 Å². The Kier molecular flexibility index (Phi) is 7.30. The van der Waals surface area contributed by atoms with Crippen LogP contribution in [0.3, 0.4) is 0 Å². The van der Waals surface area contributed by atoms with Gasteiger partial charge in [-0.05, 0) is 13.3 Å². The molecule has 0 bridgehead atoms. The van der Waals surface area contributed by atoms with Crippen LogP contribution >= 0.6 is 0 Å². The van der Waals surface area contributed by atoms with Crippen LogP contribution in [0.1, 0.15) is 26.7 Å². The number of rotatable bonds is 6. The number of nitrogens with zero attached hydrogens (tertiary/aromatic N) is 2. The van der Waals surface area contributed by atoms with Gasteiger partial charge in [0.2, 0.25) is 0 Å². The van der Waals surface area contributed by atoms with Crippen molar-refractivity contribution < 1.29 is 23.9 Å². The van der Waals surface area contributed by atoms with Crippen LogP contribution < -0.4 is 0 Å². The molecule has 0 aliphatic heterocycles. The van der Waals surface area contributed by atoms with Gasteiger partial charge in [-0.1, -0.05) is 13.0 Å². The molecule has 0 saturated heterocycles. The van der Waals surface area contributed by atoms with Crippen LogP contribution in [0.25, 0.3) is 5.53 Å². The fourth-order valence-electron chi connectivity index (χ4n) is 1.15. The first-order chi connectivity index (χ1) is 8.10. The van der Waals surface area contributed by atoms with Gasteiger partial charge in [-0.2, -0.15) is 4.79 Å². The summed E-state index contributed by atoms with van der Waals surface area (Å²) in [6.45, 7) is 3.64. The van der Waals surface area contributed by atoms with E-state index in [9.17, 15) is 9.59 Å². The molecule has 6 nitrogen and oxygen atoms in total. The topological polar surface area (TPSA) is 89.0 Å². The normalized spacial score (nSPS) is 10.4. The molecule has 0 radical (unpaired) electrons. The van der Waals surface area contributed by atoms with Gasteiger partial charge in [0.05, 0.1) is 20.1 Å². The van der Waals surface area contributed by atoms with Crippen LogP contribution in [0.15, 0.2) is 11.6 Å². The molecule has 0 atom stereocenters. The molecule has 0 unspecified atom stereocenters. The maximum atomic E-state index is 11.4. The quantitative estimate of drug-likeness (QED) is 0.229. The maximum absolute atomic E-state index is 11.4. The monoisotopic (exact) mass is 240 g/mol. The van der Waals surface area contributed by atoms with E-state index >= 15 is 0 Å². The van der Waals surface area contributed by atoms with E-state index in [4.69, 9.17) is 5.53 Å². The average Bonchev–Trinajstić information content (AvgIpc) is 2.33. The van der Waals surface area contributed by atoms with Gasteiger partial charge in [-0.25, -0.2) is 9.59 Å². The molecular formula is C11H16N2O4. The smallest absolute Gasteiger partial charge is 0.417 e. The third-order valence-corrected chi connectivity index (χ3v) is 1.89. The molecule has 0 N–H and O–H groups in total. The van der Waals surface area contributed by atoms with Crippen molar-refractivity contribution in [2.45, 2.75) is 26.7 Å². The van der Waals surface area contributed by atoms with E-state index in [-0.39, 0.29) is 24.3 Å². The molecule has 94 valence electrons. The Bertz CT molecular complexity index is 368. The Morgan fingerprint density at radius 2 is 1.94 bits per heavy atom. The predicted molar refractivity (Wildman–Crippen MR) is 60.3 cm³/mol. The number of esters is 2. The number of allylic oxidation sites excluding steroid dienone is 1. The van der Waals surface area contributed by atoms with Crippen LogP contribution in [-0.4, -0.2) is 36.2 Å². The summed E-state index contributed by atoms with van der Waals surface area (Å²) in [5.41, 5.74) is 8.74. The van der Waals surface area contributed by atoms with Gasteiger partial charge >= 0.3 is 17.7 Å². The Hall–Kier alpha value is -1.94. The highest BCUT2D eigenvalue weighted by atomic mass is 16.5. The second-order valence-corrected chi connectivity index (χ2v) is 3.07. The second-order valence-electron chi connectivity index (χ2n) is 3.07. The van der Waals surface area contributed by atoms with E-state index < -0.39 is 11.9 Å². The number of ether oxygens (including phenoxy) is 2. The van der Waals surface area contributed by atoms with Crippen molar-refractivity contribution in [3.8, 4) is 0 Å². The molecule has 0 spiro atoms. The molecule has 0 aliphatic rings. The molecular weight excluding hydrogens is 224 g/mol. The van der Waals surface area contributed by atoms with E-state index in [0.717, 1.165) is 0 Å². The SMILES string of the molecule is CC/C=C(\CC(=[N+]=[N-])C(=O)OCC)C(=O)OC. The number of carbonyl (C=O) groups excluding carboxylic acids is 2. The molecule has 17 heavy (non-hydrogen) atoms. The van der Waals surface area contributed by atoms with Crippen LogP contribution in [0.4, 0.5) is 0 Å². The lowest BCUT2D eigenvalue weighted by molar-refractivity contribution is -0.140. The lowest BCUT2D eigenvalue weighted by atomic mass is 10.1. The van der Waals surface area contributed by atoms with E-state index in [0.29, 0.717) is 6.42 Å². The molecule has 6 heteroatoms. The summed E-state index contributed by atoms with van der Waals surface area (Å²) in [6.07, 6.45) is 2.10. The summed E-state index contributed by atoms with van der Waals surface area (Å²) >= 11 is 0. The summed E-state index contributed by atoms with van der Waals surface area (Å²) in [5.74, 6) is -1.31. The number of hydrogen-bond acceptors (Lipinski definition) is 4. The number of hydrogen-bond donors (Lipinski definition) is 0. The Morgan fingerprint density at radius 1 is 1.29 bits per heavy atom. The Morgan fingerprint density at radius 3 is 2.35 bits per heavy atom. The first-order valence-corrected chi connectivity index (χ1v) is 5.26. The fourth-order valence-corrected chi connectivity index (χ4v) is 1.15. The summed E-state index contributed by atoms with van der Waals surface area (Å²) in [7, 11) is 1.24. The minimum atomic E-state index is -0.749. The molecule has 0 aromatic heterocycles. The van der Waals surface area contributed by atoms with Crippen LogP contribution in [-0.2, 0) is 19.1 Å². The van der Waals surface area contributed by atoms with Crippen LogP contribution in [0.5, 0.6) is 0 Å². The van der Waals surface area contributed by atoms with E-state index in [1.54, 1.807) is 13.0 Å².